The Morgan fingerprint density at radius 3 is 2.56 bits per heavy atom. The van der Waals surface area contributed by atoms with Gasteiger partial charge in [0.15, 0.2) is 0 Å². The molecule has 2 fully saturated rings. The van der Waals surface area contributed by atoms with Gasteiger partial charge in [-0.25, -0.2) is 9.97 Å². The predicted molar refractivity (Wildman–Crippen MR) is 157 cm³/mol. The number of nitrogens with one attached hydrogen (secondary N) is 2. The molecule has 1 saturated heterocycles. The first kappa shape index (κ1) is 28.8. The molecule has 224 valence electrons. The number of carbonyl (C=O) groups excluding carboxylic acids is 1. The first-order chi connectivity index (χ1) is 20.8. The Kier molecular flexibility index (Phi) is 8.39. The molecule has 6 rings (SSSR count). The average Bonchev–Trinajstić information content (AvgIpc) is 3.77. The first-order valence-corrected chi connectivity index (χ1v) is 14.3. The summed E-state index contributed by atoms with van der Waals surface area (Å²) in [5, 5.41) is 10.4. The molecule has 12 heteroatoms. The predicted octanol–water partition coefficient (Wildman–Crippen LogP) is 5.54. The van der Waals surface area contributed by atoms with Gasteiger partial charge in [0.1, 0.15) is 12.2 Å². The number of rotatable bonds is 10. The fraction of sp³-hybridized carbons (Fsp3) is 0.355. The summed E-state index contributed by atoms with van der Waals surface area (Å²) in [5.41, 5.74) is 4.41. The second kappa shape index (κ2) is 12.5. The van der Waals surface area contributed by atoms with E-state index in [-0.39, 0.29) is 11.8 Å². The summed E-state index contributed by atoms with van der Waals surface area (Å²) < 4.78 is 46.2. The molecule has 9 nitrogen and oxygen atoms in total. The molecular formula is C31H32F3N7O2. The van der Waals surface area contributed by atoms with E-state index in [4.69, 9.17) is 4.74 Å². The largest absolute Gasteiger partial charge is 0.408 e. The van der Waals surface area contributed by atoms with Crippen LogP contribution in [-0.2, 0) is 22.5 Å². The van der Waals surface area contributed by atoms with Crippen LogP contribution in [0.5, 0.6) is 0 Å². The number of benzene rings is 2. The molecule has 1 saturated carbocycles. The van der Waals surface area contributed by atoms with Gasteiger partial charge < -0.3 is 15.4 Å². The van der Waals surface area contributed by atoms with Gasteiger partial charge in [0.2, 0.25) is 11.9 Å². The van der Waals surface area contributed by atoms with Gasteiger partial charge in [-0.05, 0) is 55.2 Å². The van der Waals surface area contributed by atoms with Crippen LogP contribution in [0.2, 0.25) is 0 Å². The number of ether oxygens (including phenoxy) is 1. The Bertz CT molecular complexity index is 1560. The topological polar surface area (TPSA) is 97.2 Å². The number of anilines is 3. The maximum Gasteiger partial charge on any atom is 0.408 e. The van der Waals surface area contributed by atoms with Crippen molar-refractivity contribution in [2.75, 3.05) is 43.5 Å². The molecule has 0 bridgehead atoms. The number of morpholine rings is 1. The molecule has 0 radical (unpaired) electrons. The van der Waals surface area contributed by atoms with E-state index in [1.165, 1.54) is 11.8 Å². The second-order valence-corrected chi connectivity index (χ2v) is 10.8. The van der Waals surface area contributed by atoms with Gasteiger partial charge in [0.25, 0.3) is 0 Å². The maximum absolute atomic E-state index is 13.3. The molecule has 4 aromatic rings. The lowest BCUT2D eigenvalue weighted by Gasteiger charge is -2.26. The Balaban J connectivity index is 1.22. The molecule has 3 heterocycles. The fourth-order valence-electron chi connectivity index (χ4n) is 5.00. The number of carbonyl (C=O) groups is 1. The smallest absolute Gasteiger partial charge is 0.379 e. The van der Waals surface area contributed by atoms with Crippen LogP contribution >= 0.6 is 0 Å². The summed E-state index contributed by atoms with van der Waals surface area (Å²) in [7, 11) is 0. The summed E-state index contributed by atoms with van der Waals surface area (Å²) in [4.78, 5) is 23.5. The number of alkyl halides is 3. The molecule has 2 aliphatic rings. The Labute approximate surface area is 247 Å². The van der Waals surface area contributed by atoms with Crippen LogP contribution in [0.1, 0.15) is 18.4 Å². The lowest BCUT2D eigenvalue weighted by atomic mass is 10.1. The number of amides is 1. The standard InChI is InChI=1S/C31H32F3N7O2/c32-31(33,34)20-41-19-26(28(39-41)22-6-8-24(9-7-22)36-29(42)23-4-5-23)27-10-12-35-30(38-27)37-25-3-1-2-21(18-25)11-13-40-14-16-43-17-15-40/h1-3,6-10,12,18-19,23H,4-5,11,13-17,20H2,(H,36,42)(H,35,37,38). The lowest BCUT2D eigenvalue weighted by Crippen LogP contribution is -2.37. The Morgan fingerprint density at radius 1 is 1.02 bits per heavy atom. The molecule has 1 aliphatic heterocycles. The highest BCUT2D eigenvalue weighted by Gasteiger charge is 2.30. The van der Waals surface area contributed by atoms with E-state index in [1.807, 2.05) is 18.2 Å². The Hall–Kier alpha value is -4.29. The third kappa shape index (κ3) is 7.76. The molecule has 2 aromatic heterocycles. The van der Waals surface area contributed by atoms with Crippen molar-refractivity contribution in [1.82, 2.24) is 24.6 Å². The van der Waals surface area contributed by atoms with Gasteiger partial charge in [-0.2, -0.15) is 18.3 Å². The normalized spacial score (nSPS) is 15.8. The van der Waals surface area contributed by atoms with E-state index in [2.05, 4.69) is 36.7 Å². The quantitative estimate of drug-likeness (QED) is 0.250. The third-order valence-corrected chi connectivity index (χ3v) is 7.41. The van der Waals surface area contributed by atoms with Crippen molar-refractivity contribution in [2.24, 2.45) is 5.92 Å². The third-order valence-electron chi connectivity index (χ3n) is 7.41. The van der Waals surface area contributed by atoms with Gasteiger partial charge in [0, 0.05) is 60.4 Å². The molecular weight excluding hydrogens is 559 g/mol. The van der Waals surface area contributed by atoms with E-state index in [0.29, 0.717) is 34.2 Å². The van der Waals surface area contributed by atoms with Crippen molar-refractivity contribution in [2.45, 2.75) is 32.0 Å². The first-order valence-electron chi connectivity index (χ1n) is 14.3. The zero-order valence-electron chi connectivity index (χ0n) is 23.5. The molecule has 1 aliphatic carbocycles. The summed E-state index contributed by atoms with van der Waals surface area (Å²) in [6.45, 7) is 3.09. The number of hydrogen-bond donors (Lipinski definition) is 2. The van der Waals surface area contributed by atoms with E-state index in [1.54, 1.807) is 36.5 Å². The number of aromatic nitrogens is 4. The van der Waals surface area contributed by atoms with Crippen LogP contribution in [-0.4, -0.2) is 69.6 Å². The van der Waals surface area contributed by atoms with Gasteiger partial charge in [-0.15, -0.1) is 0 Å². The molecule has 2 aromatic carbocycles. The van der Waals surface area contributed by atoms with E-state index >= 15 is 0 Å². The number of hydrogen-bond acceptors (Lipinski definition) is 7. The van der Waals surface area contributed by atoms with Gasteiger partial charge in [-0.1, -0.05) is 24.3 Å². The van der Waals surface area contributed by atoms with Crippen molar-refractivity contribution in [3.05, 3.63) is 72.6 Å². The van der Waals surface area contributed by atoms with Crippen molar-refractivity contribution >= 4 is 23.2 Å². The van der Waals surface area contributed by atoms with Crippen molar-refractivity contribution in [1.29, 1.82) is 0 Å². The highest BCUT2D eigenvalue weighted by Crippen LogP contribution is 2.33. The van der Waals surface area contributed by atoms with Crippen LogP contribution in [0.3, 0.4) is 0 Å². The zero-order chi connectivity index (χ0) is 29.8. The van der Waals surface area contributed by atoms with E-state index in [0.717, 1.165) is 62.5 Å². The minimum absolute atomic E-state index is 0.0217. The SMILES string of the molecule is O=C(Nc1ccc(-c2nn(CC(F)(F)F)cc2-c2ccnc(Nc3cccc(CCN4CCOCC4)c3)n2)cc1)C1CC1. The number of nitrogens with zero attached hydrogens (tertiary/aromatic N) is 5. The summed E-state index contributed by atoms with van der Waals surface area (Å²) in [6.07, 6.45) is 1.14. The fourth-order valence-corrected chi connectivity index (χ4v) is 5.00. The average molecular weight is 592 g/mol. The lowest BCUT2D eigenvalue weighted by molar-refractivity contribution is -0.142. The minimum Gasteiger partial charge on any atom is -0.379 e. The summed E-state index contributed by atoms with van der Waals surface area (Å²) in [6, 6.07) is 16.6. The van der Waals surface area contributed by atoms with Gasteiger partial charge in [0.05, 0.1) is 18.9 Å². The maximum atomic E-state index is 13.3. The highest BCUT2D eigenvalue weighted by molar-refractivity contribution is 5.94. The molecule has 0 spiro atoms. The highest BCUT2D eigenvalue weighted by atomic mass is 19.4. The number of halogens is 3. The molecule has 0 unspecified atom stereocenters. The van der Waals surface area contributed by atoms with Crippen molar-refractivity contribution in [3.8, 4) is 22.5 Å². The van der Waals surface area contributed by atoms with Crippen LogP contribution in [0.4, 0.5) is 30.5 Å². The van der Waals surface area contributed by atoms with Crippen LogP contribution in [0.15, 0.2) is 67.0 Å². The minimum atomic E-state index is -4.44. The van der Waals surface area contributed by atoms with Gasteiger partial charge in [-0.3, -0.25) is 14.4 Å². The van der Waals surface area contributed by atoms with E-state index in [9.17, 15) is 18.0 Å². The summed E-state index contributed by atoms with van der Waals surface area (Å²) in [5.74, 6) is 0.351. The van der Waals surface area contributed by atoms with Crippen molar-refractivity contribution < 1.29 is 22.7 Å². The Morgan fingerprint density at radius 2 is 1.81 bits per heavy atom. The van der Waals surface area contributed by atoms with Crippen molar-refractivity contribution in [3.63, 3.8) is 0 Å². The monoisotopic (exact) mass is 591 g/mol. The van der Waals surface area contributed by atoms with Gasteiger partial charge >= 0.3 is 6.18 Å². The molecule has 0 atom stereocenters. The molecule has 1 amide bonds. The molecule has 2 N–H and O–H groups in total. The van der Waals surface area contributed by atoms with Crippen LogP contribution in [0.25, 0.3) is 22.5 Å². The zero-order valence-corrected chi connectivity index (χ0v) is 23.5. The summed E-state index contributed by atoms with van der Waals surface area (Å²) >= 11 is 0. The second-order valence-electron chi connectivity index (χ2n) is 10.8. The van der Waals surface area contributed by atoms with Crippen LogP contribution in [0, 0.1) is 5.92 Å². The van der Waals surface area contributed by atoms with E-state index < -0.39 is 12.7 Å². The van der Waals surface area contributed by atoms with Crippen LogP contribution < -0.4 is 10.6 Å². The molecule has 43 heavy (non-hydrogen) atoms.